The van der Waals surface area contributed by atoms with Crippen molar-refractivity contribution in [2.75, 3.05) is 11.9 Å². The number of amides is 1. The fraction of sp³-hybridized carbons (Fsp3) is 0.0714. The molecule has 0 aliphatic rings. The summed E-state index contributed by atoms with van der Waals surface area (Å²) in [5.74, 6) is -1.98. The van der Waals surface area contributed by atoms with Crippen LogP contribution in [0.2, 0.25) is 10.0 Å². The van der Waals surface area contributed by atoms with Gasteiger partial charge in [0.25, 0.3) is 5.91 Å². The summed E-state index contributed by atoms with van der Waals surface area (Å²) in [6.45, 7) is -0.392. The summed E-state index contributed by atoms with van der Waals surface area (Å²) in [7, 11) is 0. The van der Waals surface area contributed by atoms with Gasteiger partial charge in [-0.1, -0.05) is 29.3 Å². The van der Waals surface area contributed by atoms with E-state index in [0.717, 1.165) is 12.1 Å². The van der Waals surface area contributed by atoms with Crippen LogP contribution in [0.1, 0.15) is 0 Å². The predicted octanol–water partition coefficient (Wildman–Crippen LogP) is 4.29. The predicted molar refractivity (Wildman–Crippen MR) is 76.9 cm³/mol. The van der Waals surface area contributed by atoms with E-state index >= 15 is 0 Å². The van der Waals surface area contributed by atoms with Crippen molar-refractivity contribution in [1.29, 1.82) is 0 Å². The zero-order chi connectivity index (χ0) is 15.4. The molecular weight excluding hydrogens is 323 g/mol. The van der Waals surface area contributed by atoms with Gasteiger partial charge in [-0.25, -0.2) is 8.78 Å². The van der Waals surface area contributed by atoms with Crippen molar-refractivity contribution in [2.24, 2.45) is 0 Å². The smallest absolute Gasteiger partial charge is 0.262 e. The number of ether oxygens (including phenoxy) is 1. The van der Waals surface area contributed by atoms with E-state index in [2.05, 4.69) is 5.32 Å². The fourth-order valence-electron chi connectivity index (χ4n) is 1.52. The summed E-state index contributed by atoms with van der Waals surface area (Å²) in [6.07, 6.45) is 0. The Hall–Kier alpha value is -1.85. The van der Waals surface area contributed by atoms with Crippen molar-refractivity contribution < 1.29 is 18.3 Å². The standard InChI is InChI=1S/C14H9Cl2F2NO2/c15-9-2-1-3-12(14(9)16)21-7-13(20)19-11-5-4-8(17)6-10(11)18/h1-6H,7H2,(H,19,20). The number of nitrogens with one attached hydrogen (secondary N) is 1. The Kier molecular flexibility index (Phi) is 4.98. The molecule has 1 N–H and O–H groups in total. The topological polar surface area (TPSA) is 38.3 Å². The van der Waals surface area contributed by atoms with Crippen LogP contribution in [-0.4, -0.2) is 12.5 Å². The van der Waals surface area contributed by atoms with Gasteiger partial charge in [-0.2, -0.15) is 0 Å². The van der Waals surface area contributed by atoms with E-state index < -0.39 is 24.1 Å². The Balaban J connectivity index is 1.97. The SMILES string of the molecule is O=C(COc1cccc(Cl)c1Cl)Nc1ccc(F)cc1F. The molecule has 2 aromatic carbocycles. The number of hydrogen-bond acceptors (Lipinski definition) is 2. The second kappa shape index (κ2) is 6.74. The number of carbonyl (C=O) groups is 1. The van der Waals surface area contributed by atoms with E-state index in [9.17, 15) is 13.6 Å². The minimum atomic E-state index is -0.871. The molecule has 0 saturated heterocycles. The van der Waals surface area contributed by atoms with Gasteiger partial charge in [0.2, 0.25) is 0 Å². The fourth-order valence-corrected chi connectivity index (χ4v) is 1.86. The Bertz CT molecular complexity index is 680. The third-order valence-electron chi connectivity index (χ3n) is 2.48. The highest BCUT2D eigenvalue weighted by atomic mass is 35.5. The summed E-state index contributed by atoms with van der Waals surface area (Å²) < 4.78 is 31.3. The highest BCUT2D eigenvalue weighted by molar-refractivity contribution is 6.42. The molecule has 0 spiro atoms. The second-order valence-corrected chi connectivity index (χ2v) is 4.80. The maximum atomic E-state index is 13.4. The molecule has 1 amide bonds. The monoisotopic (exact) mass is 331 g/mol. The molecule has 0 aliphatic carbocycles. The van der Waals surface area contributed by atoms with E-state index in [1.807, 2.05) is 0 Å². The van der Waals surface area contributed by atoms with Crippen LogP contribution in [0.5, 0.6) is 5.75 Å². The maximum absolute atomic E-state index is 13.4. The first kappa shape index (κ1) is 15.5. The van der Waals surface area contributed by atoms with Crippen molar-refractivity contribution in [3.05, 3.63) is 58.1 Å². The van der Waals surface area contributed by atoms with E-state index in [1.54, 1.807) is 18.2 Å². The van der Waals surface area contributed by atoms with Crippen molar-refractivity contribution in [2.45, 2.75) is 0 Å². The molecule has 0 bridgehead atoms. The molecule has 2 aromatic rings. The number of carbonyl (C=O) groups excluding carboxylic acids is 1. The Morgan fingerprint density at radius 3 is 2.67 bits per heavy atom. The molecule has 0 heterocycles. The summed E-state index contributed by atoms with van der Waals surface area (Å²) in [6, 6.07) is 7.55. The zero-order valence-electron chi connectivity index (χ0n) is 10.5. The molecule has 0 radical (unpaired) electrons. The first-order valence-corrected chi connectivity index (χ1v) is 6.54. The largest absolute Gasteiger partial charge is 0.482 e. The van der Waals surface area contributed by atoms with E-state index in [1.165, 1.54) is 0 Å². The average molecular weight is 332 g/mol. The van der Waals surface area contributed by atoms with E-state index in [0.29, 0.717) is 11.1 Å². The van der Waals surface area contributed by atoms with Crippen LogP contribution in [0.3, 0.4) is 0 Å². The van der Waals surface area contributed by atoms with Crippen molar-refractivity contribution in [3.8, 4) is 5.75 Å². The molecular formula is C14H9Cl2F2NO2. The summed E-state index contributed by atoms with van der Waals surface area (Å²) in [5, 5.41) is 2.73. The lowest BCUT2D eigenvalue weighted by Gasteiger charge is -2.10. The van der Waals surface area contributed by atoms with Crippen LogP contribution >= 0.6 is 23.2 Å². The van der Waals surface area contributed by atoms with Gasteiger partial charge in [0.05, 0.1) is 10.7 Å². The van der Waals surface area contributed by atoms with Gasteiger partial charge in [0.1, 0.15) is 22.4 Å². The highest BCUT2D eigenvalue weighted by Gasteiger charge is 2.11. The Morgan fingerprint density at radius 2 is 1.95 bits per heavy atom. The molecule has 0 fully saturated rings. The van der Waals surface area contributed by atoms with Crippen LogP contribution in [-0.2, 0) is 4.79 Å². The molecule has 0 unspecified atom stereocenters. The minimum Gasteiger partial charge on any atom is -0.482 e. The quantitative estimate of drug-likeness (QED) is 0.907. The van der Waals surface area contributed by atoms with Crippen molar-refractivity contribution >= 4 is 34.8 Å². The first-order valence-electron chi connectivity index (χ1n) is 5.79. The van der Waals surface area contributed by atoms with Crippen molar-refractivity contribution in [3.63, 3.8) is 0 Å². The lowest BCUT2D eigenvalue weighted by Crippen LogP contribution is -2.21. The molecule has 0 saturated carbocycles. The van der Waals surface area contributed by atoms with Gasteiger partial charge < -0.3 is 10.1 Å². The normalized spacial score (nSPS) is 10.3. The number of benzene rings is 2. The van der Waals surface area contributed by atoms with Crippen LogP contribution in [0, 0.1) is 11.6 Å². The zero-order valence-corrected chi connectivity index (χ0v) is 12.0. The van der Waals surface area contributed by atoms with Crippen LogP contribution in [0.25, 0.3) is 0 Å². The minimum absolute atomic E-state index is 0.137. The van der Waals surface area contributed by atoms with Gasteiger partial charge in [-0.15, -0.1) is 0 Å². The van der Waals surface area contributed by atoms with Gasteiger partial charge in [0.15, 0.2) is 6.61 Å². The maximum Gasteiger partial charge on any atom is 0.262 e. The van der Waals surface area contributed by atoms with Crippen molar-refractivity contribution in [1.82, 2.24) is 0 Å². The number of hydrogen-bond donors (Lipinski definition) is 1. The molecule has 110 valence electrons. The molecule has 0 atom stereocenters. The average Bonchev–Trinajstić information content (AvgIpc) is 2.43. The van der Waals surface area contributed by atoms with Gasteiger partial charge >= 0.3 is 0 Å². The third kappa shape index (κ3) is 4.06. The Morgan fingerprint density at radius 1 is 1.19 bits per heavy atom. The number of halogens is 4. The molecule has 3 nitrogen and oxygen atoms in total. The van der Waals surface area contributed by atoms with E-state index in [-0.39, 0.29) is 16.5 Å². The highest BCUT2D eigenvalue weighted by Crippen LogP contribution is 2.31. The lowest BCUT2D eigenvalue weighted by atomic mass is 10.3. The van der Waals surface area contributed by atoms with Crippen LogP contribution in [0.4, 0.5) is 14.5 Å². The van der Waals surface area contributed by atoms with Gasteiger partial charge in [-0.05, 0) is 24.3 Å². The first-order chi connectivity index (χ1) is 9.97. The summed E-state index contributed by atoms with van der Waals surface area (Å²) in [5.41, 5.74) is -0.137. The number of anilines is 1. The molecule has 0 aromatic heterocycles. The second-order valence-electron chi connectivity index (χ2n) is 4.01. The molecule has 2 rings (SSSR count). The summed E-state index contributed by atoms with van der Waals surface area (Å²) in [4.78, 5) is 11.6. The summed E-state index contributed by atoms with van der Waals surface area (Å²) >= 11 is 11.7. The number of rotatable bonds is 4. The van der Waals surface area contributed by atoms with Crippen LogP contribution < -0.4 is 10.1 Å². The van der Waals surface area contributed by atoms with Gasteiger partial charge in [0, 0.05) is 6.07 Å². The Labute approximate surface area is 129 Å². The molecule has 21 heavy (non-hydrogen) atoms. The van der Waals surface area contributed by atoms with Crippen LogP contribution in [0.15, 0.2) is 36.4 Å². The molecule has 7 heteroatoms. The van der Waals surface area contributed by atoms with E-state index in [4.69, 9.17) is 27.9 Å². The van der Waals surface area contributed by atoms with Gasteiger partial charge in [-0.3, -0.25) is 4.79 Å². The molecule has 0 aliphatic heterocycles. The lowest BCUT2D eigenvalue weighted by molar-refractivity contribution is -0.118. The third-order valence-corrected chi connectivity index (χ3v) is 3.28.